The SMILES string of the molecule is CC(Br)CC(C)Nc1ncc(Br)cc1C(F)(F)F. The van der Waals surface area contributed by atoms with Gasteiger partial charge in [-0.2, -0.15) is 13.2 Å². The van der Waals surface area contributed by atoms with Crippen LogP contribution in [0.1, 0.15) is 25.8 Å². The molecular weight excluding hydrogens is 377 g/mol. The first-order valence-corrected chi connectivity index (χ1v) is 7.04. The summed E-state index contributed by atoms with van der Waals surface area (Å²) in [4.78, 5) is 4.03. The number of rotatable bonds is 4. The molecule has 0 fully saturated rings. The van der Waals surface area contributed by atoms with E-state index in [2.05, 4.69) is 42.2 Å². The molecule has 1 N–H and O–H groups in total. The Hall–Kier alpha value is -0.300. The van der Waals surface area contributed by atoms with Crippen molar-refractivity contribution in [2.75, 3.05) is 5.32 Å². The number of nitrogens with zero attached hydrogens (tertiary/aromatic N) is 1. The summed E-state index contributed by atoms with van der Waals surface area (Å²) in [6.45, 7) is 3.76. The lowest BCUT2D eigenvalue weighted by atomic mass is 10.2. The quantitative estimate of drug-likeness (QED) is 0.745. The lowest BCUT2D eigenvalue weighted by Crippen LogP contribution is -2.22. The largest absolute Gasteiger partial charge is 0.419 e. The molecule has 18 heavy (non-hydrogen) atoms. The standard InChI is InChI=1S/C11H13Br2F3N2/c1-6(12)3-7(2)18-10-9(11(14,15)16)4-8(13)5-17-10/h4-7H,3H2,1-2H3,(H,17,18). The smallest absolute Gasteiger partial charge is 0.367 e. The third-order valence-corrected chi connectivity index (χ3v) is 3.03. The van der Waals surface area contributed by atoms with Crippen molar-refractivity contribution >= 4 is 37.7 Å². The predicted octanol–water partition coefficient (Wildman–Crippen LogP) is 4.84. The second-order valence-electron chi connectivity index (χ2n) is 4.11. The Bertz CT molecular complexity index is 408. The van der Waals surface area contributed by atoms with Gasteiger partial charge >= 0.3 is 6.18 Å². The predicted molar refractivity (Wildman–Crippen MR) is 73.0 cm³/mol. The summed E-state index contributed by atoms with van der Waals surface area (Å²) < 4.78 is 38.8. The lowest BCUT2D eigenvalue weighted by molar-refractivity contribution is -0.137. The number of hydrogen-bond acceptors (Lipinski definition) is 2. The maximum atomic E-state index is 12.8. The molecule has 0 radical (unpaired) electrons. The molecule has 2 unspecified atom stereocenters. The number of aromatic nitrogens is 1. The molecular formula is C11H13Br2F3N2. The fraction of sp³-hybridized carbons (Fsp3) is 0.545. The molecule has 0 aliphatic carbocycles. The molecule has 0 aliphatic rings. The summed E-state index contributed by atoms with van der Waals surface area (Å²) in [5, 5.41) is 2.79. The van der Waals surface area contributed by atoms with Crippen molar-refractivity contribution in [3.63, 3.8) is 0 Å². The Morgan fingerprint density at radius 3 is 2.50 bits per heavy atom. The summed E-state index contributed by atoms with van der Waals surface area (Å²) in [7, 11) is 0. The topological polar surface area (TPSA) is 24.9 Å². The van der Waals surface area contributed by atoms with Gasteiger partial charge in [-0.25, -0.2) is 4.98 Å². The first kappa shape index (κ1) is 15.8. The highest BCUT2D eigenvalue weighted by Gasteiger charge is 2.35. The molecule has 7 heteroatoms. The van der Waals surface area contributed by atoms with Crippen LogP contribution in [0.5, 0.6) is 0 Å². The highest BCUT2D eigenvalue weighted by Crippen LogP contribution is 2.35. The monoisotopic (exact) mass is 388 g/mol. The number of pyridine rings is 1. The third kappa shape index (κ3) is 4.76. The van der Waals surface area contributed by atoms with E-state index in [1.54, 1.807) is 0 Å². The van der Waals surface area contributed by atoms with Crippen LogP contribution < -0.4 is 5.32 Å². The average molecular weight is 390 g/mol. The van der Waals surface area contributed by atoms with Gasteiger partial charge in [-0.05, 0) is 35.3 Å². The molecule has 0 aliphatic heterocycles. The molecule has 2 atom stereocenters. The van der Waals surface area contributed by atoms with Gasteiger partial charge in [0.05, 0.1) is 5.56 Å². The minimum Gasteiger partial charge on any atom is -0.367 e. The van der Waals surface area contributed by atoms with Crippen molar-refractivity contribution in [3.05, 3.63) is 22.3 Å². The Labute approximate surface area is 121 Å². The molecule has 1 heterocycles. The van der Waals surface area contributed by atoms with Crippen LogP contribution in [0.4, 0.5) is 19.0 Å². The zero-order valence-corrected chi connectivity index (χ0v) is 13.0. The van der Waals surface area contributed by atoms with Crippen molar-refractivity contribution in [1.29, 1.82) is 0 Å². The lowest BCUT2D eigenvalue weighted by Gasteiger charge is -2.19. The molecule has 1 aromatic heterocycles. The summed E-state index contributed by atoms with van der Waals surface area (Å²) in [5.41, 5.74) is -0.758. The van der Waals surface area contributed by atoms with E-state index in [1.165, 1.54) is 6.20 Å². The van der Waals surface area contributed by atoms with E-state index < -0.39 is 11.7 Å². The third-order valence-electron chi connectivity index (χ3n) is 2.22. The number of alkyl halides is 4. The van der Waals surface area contributed by atoms with E-state index in [9.17, 15) is 13.2 Å². The molecule has 0 saturated heterocycles. The first-order valence-electron chi connectivity index (χ1n) is 5.33. The molecule has 0 amide bonds. The molecule has 0 spiro atoms. The minimum atomic E-state index is -4.42. The zero-order valence-electron chi connectivity index (χ0n) is 9.85. The van der Waals surface area contributed by atoms with E-state index in [0.29, 0.717) is 10.9 Å². The van der Waals surface area contributed by atoms with Gasteiger partial charge in [0.15, 0.2) is 0 Å². The molecule has 1 aromatic rings. The van der Waals surface area contributed by atoms with E-state index in [1.807, 2.05) is 13.8 Å². The molecule has 0 saturated carbocycles. The molecule has 2 nitrogen and oxygen atoms in total. The van der Waals surface area contributed by atoms with Gasteiger partial charge in [0.25, 0.3) is 0 Å². The second kappa shape index (κ2) is 6.23. The molecule has 0 bridgehead atoms. The van der Waals surface area contributed by atoms with Gasteiger partial charge in [0.1, 0.15) is 5.82 Å². The first-order chi connectivity index (χ1) is 8.20. The van der Waals surface area contributed by atoms with Crippen LogP contribution in [-0.2, 0) is 6.18 Å². The zero-order chi connectivity index (χ0) is 13.9. The van der Waals surface area contributed by atoms with E-state index >= 15 is 0 Å². The van der Waals surface area contributed by atoms with Crippen LogP contribution in [-0.4, -0.2) is 15.9 Å². The Balaban J connectivity index is 2.95. The van der Waals surface area contributed by atoms with Crippen LogP contribution in [0.25, 0.3) is 0 Å². The van der Waals surface area contributed by atoms with Crippen molar-refractivity contribution in [2.24, 2.45) is 0 Å². The number of halogens is 5. The van der Waals surface area contributed by atoms with E-state index in [-0.39, 0.29) is 16.7 Å². The fourth-order valence-corrected chi connectivity index (χ4v) is 2.44. The van der Waals surface area contributed by atoms with E-state index in [4.69, 9.17) is 0 Å². The van der Waals surface area contributed by atoms with Gasteiger partial charge in [-0.1, -0.05) is 22.9 Å². The van der Waals surface area contributed by atoms with Crippen molar-refractivity contribution < 1.29 is 13.2 Å². The van der Waals surface area contributed by atoms with E-state index in [0.717, 1.165) is 6.07 Å². The van der Waals surface area contributed by atoms with Gasteiger partial charge in [-0.15, -0.1) is 0 Å². The Kier molecular flexibility index (Phi) is 5.46. The minimum absolute atomic E-state index is 0.103. The van der Waals surface area contributed by atoms with Crippen molar-refractivity contribution in [2.45, 2.75) is 37.3 Å². The van der Waals surface area contributed by atoms with Crippen LogP contribution in [0.15, 0.2) is 16.7 Å². The normalized spacial score (nSPS) is 15.3. The van der Waals surface area contributed by atoms with Gasteiger partial charge < -0.3 is 5.32 Å². The summed E-state index contributed by atoms with van der Waals surface area (Å²) in [6.07, 6.45) is -2.37. The average Bonchev–Trinajstić information content (AvgIpc) is 2.17. The highest BCUT2D eigenvalue weighted by atomic mass is 79.9. The number of hydrogen-bond donors (Lipinski definition) is 1. The van der Waals surface area contributed by atoms with Crippen molar-refractivity contribution in [1.82, 2.24) is 4.98 Å². The van der Waals surface area contributed by atoms with Gasteiger partial charge in [0, 0.05) is 21.5 Å². The summed E-state index contributed by atoms with van der Waals surface area (Å²) >= 11 is 6.37. The second-order valence-corrected chi connectivity index (χ2v) is 6.59. The fourth-order valence-electron chi connectivity index (χ4n) is 1.55. The van der Waals surface area contributed by atoms with Crippen LogP contribution in [0.2, 0.25) is 0 Å². The summed E-state index contributed by atoms with van der Waals surface area (Å²) in [5.74, 6) is -0.133. The molecule has 0 aromatic carbocycles. The van der Waals surface area contributed by atoms with Crippen LogP contribution >= 0.6 is 31.9 Å². The number of anilines is 1. The maximum absolute atomic E-state index is 12.8. The molecule has 1 rings (SSSR count). The Morgan fingerprint density at radius 1 is 1.39 bits per heavy atom. The number of nitrogens with one attached hydrogen (secondary N) is 1. The van der Waals surface area contributed by atoms with Crippen LogP contribution in [0.3, 0.4) is 0 Å². The van der Waals surface area contributed by atoms with Crippen molar-refractivity contribution in [3.8, 4) is 0 Å². The Morgan fingerprint density at radius 2 is 2.00 bits per heavy atom. The maximum Gasteiger partial charge on any atom is 0.419 e. The highest BCUT2D eigenvalue weighted by molar-refractivity contribution is 9.10. The van der Waals surface area contributed by atoms with Gasteiger partial charge in [0.2, 0.25) is 0 Å². The summed E-state index contributed by atoms with van der Waals surface area (Å²) in [6, 6.07) is 0.925. The molecule has 102 valence electrons. The van der Waals surface area contributed by atoms with Crippen LogP contribution in [0, 0.1) is 0 Å². The van der Waals surface area contributed by atoms with Gasteiger partial charge in [-0.3, -0.25) is 0 Å².